The van der Waals surface area contributed by atoms with E-state index >= 15 is 0 Å². The summed E-state index contributed by atoms with van der Waals surface area (Å²) in [5.74, 6) is 0.853. The molecule has 2 aromatic heterocycles. The zero-order valence-electron chi connectivity index (χ0n) is 21.0. The van der Waals surface area contributed by atoms with Crippen LogP contribution in [-0.2, 0) is 24.2 Å². The zero-order valence-corrected chi connectivity index (χ0v) is 21.9. The van der Waals surface area contributed by atoms with Crippen LogP contribution in [0.15, 0.2) is 12.4 Å². The molecule has 194 valence electrons. The van der Waals surface area contributed by atoms with Crippen LogP contribution in [0.1, 0.15) is 88.8 Å². The SMILES string of the molecule is Cc1cnc([C@H](OC(C)C)[C@H](C)S(=O)(=O)Nc2nnc([C@H]3CC[C@@H](C)O3)n2C2CCOCC2)cn1. The molecule has 1 N–H and O–H groups in total. The average Bonchev–Trinajstić information content (AvgIpc) is 3.43. The molecule has 11 nitrogen and oxygen atoms in total. The minimum atomic E-state index is -3.94. The van der Waals surface area contributed by atoms with Gasteiger partial charge in [0.2, 0.25) is 16.0 Å². The second kappa shape index (κ2) is 10.9. The Hall–Kier alpha value is -2.15. The van der Waals surface area contributed by atoms with Crippen molar-refractivity contribution >= 4 is 16.0 Å². The van der Waals surface area contributed by atoms with Crippen molar-refractivity contribution in [2.24, 2.45) is 0 Å². The molecule has 0 saturated carbocycles. The predicted molar refractivity (Wildman–Crippen MR) is 129 cm³/mol. The molecule has 2 saturated heterocycles. The molecule has 12 heteroatoms. The van der Waals surface area contributed by atoms with Crippen LogP contribution in [0.2, 0.25) is 0 Å². The normalized spacial score (nSPS) is 23.5. The Morgan fingerprint density at radius 2 is 1.83 bits per heavy atom. The number of anilines is 1. The monoisotopic (exact) mass is 508 g/mol. The summed E-state index contributed by atoms with van der Waals surface area (Å²) >= 11 is 0. The summed E-state index contributed by atoms with van der Waals surface area (Å²) in [5, 5.41) is 7.68. The molecule has 2 aliphatic rings. The van der Waals surface area contributed by atoms with Gasteiger partial charge in [0.15, 0.2) is 5.82 Å². The third-order valence-corrected chi connectivity index (χ3v) is 8.15. The third kappa shape index (κ3) is 5.99. The summed E-state index contributed by atoms with van der Waals surface area (Å²) in [5.41, 5.74) is 1.20. The van der Waals surface area contributed by atoms with E-state index in [1.54, 1.807) is 19.3 Å². The summed E-state index contributed by atoms with van der Waals surface area (Å²) in [4.78, 5) is 8.66. The van der Waals surface area contributed by atoms with Gasteiger partial charge in [-0.1, -0.05) is 0 Å². The topological polar surface area (TPSA) is 130 Å². The minimum Gasteiger partial charge on any atom is -0.381 e. The molecular formula is C23H36N6O5S. The van der Waals surface area contributed by atoms with Gasteiger partial charge in [-0.15, -0.1) is 10.2 Å². The summed E-state index contributed by atoms with van der Waals surface area (Å²) in [6.07, 6.45) is 5.31. The quantitative estimate of drug-likeness (QED) is 0.542. The van der Waals surface area contributed by atoms with Gasteiger partial charge >= 0.3 is 0 Å². The van der Waals surface area contributed by atoms with Crippen LogP contribution < -0.4 is 4.72 Å². The van der Waals surface area contributed by atoms with Crippen molar-refractivity contribution in [2.75, 3.05) is 17.9 Å². The number of rotatable bonds is 9. The van der Waals surface area contributed by atoms with Crippen LogP contribution in [-0.4, -0.2) is 63.8 Å². The summed E-state index contributed by atoms with van der Waals surface area (Å²) < 4.78 is 49.4. The summed E-state index contributed by atoms with van der Waals surface area (Å²) in [6.45, 7) is 10.4. The van der Waals surface area contributed by atoms with E-state index in [9.17, 15) is 8.42 Å². The molecular weight excluding hydrogens is 472 g/mol. The second-order valence-corrected chi connectivity index (χ2v) is 11.7. The molecule has 0 amide bonds. The summed E-state index contributed by atoms with van der Waals surface area (Å²) in [7, 11) is -3.94. The first-order valence-electron chi connectivity index (χ1n) is 12.3. The number of aryl methyl sites for hydroxylation is 1. The van der Waals surface area contributed by atoms with Crippen LogP contribution >= 0.6 is 0 Å². The highest BCUT2D eigenvalue weighted by Gasteiger charge is 2.37. The van der Waals surface area contributed by atoms with Gasteiger partial charge in [0.05, 0.1) is 29.8 Å². The number of sulfonamides is 1. The van der Waals surface area contributed by atoms with Crippen molar-refractivity contribution in [3.63, 3.8) is 0 Å². The fourth-order valence-electron chi connectivity index (χ4n) is 4.53. The first-order chi connectivity index (χ1) is 16.7. The van der Waals surface area contributed by atoms with E-state index in [1.807, 2.05) is 32.3 Å². The number of nitrogens with one attached hydrogen (secondary N) is 1. The molecule has 35 heavy (non-hydrogen) atoms. The van der Waals surface area contributed by atoms with Crippen LogP contribution in [0.4, 0.5) is 5.95 Å². The van der Waals surface area contributed by atoms with Crippen LogP contribution in [0.3, 0.4) is 0 Å². The highest BCUT2D eigenvalue weighted by molar-refractivity contribution is 7.93. The largest absolute Gasteiger partial charge is 0.381 e. The molecule has 0 radical (unpaired) electrons. The highest BCUT2D eigenvalue weighted by Crippen LogP contribution is 2.37. The Labute approximate surface area is 207 Å². The van der Waals surface area contributed by atoms with Crippen molar-refractivity contribution in [1.29, 1.82) is 0 Å². The van der Waals surface area contributed by atoms with Gasteiger partial charge in [-0.05, 0) is 60.3 Å². The number of aromatic nitrogens is 5. The first kappa shape index (κ1) is 25.9. The number of hydrogen-bond donors (Lipinski definition) is 1. The molecule has 0 unspecified atom stereocenters. The lowest BCUT2D eigenvalue weighted by molar-refractivity contribution is 0.00394. The Balaban J connectivity index is 1.64. The van der Waals surface area contributed by atoms with E-state index in [2.05, 4.69) is 24.9 Å². The Kier molecular flexibility index (Phi) is 8.04. The number of ether oxygens (including phenoxy) is 3. The Bertz CT molecular complexity index is 1080. The molecule has 0 aromatic carbocycles. The van der Waals surface area contributed by atoms with E-state index in [0.717, 1.165) is 31.4 Å². The second-order valence-electron chi connectivity index (χ2n) is 9.65. The van der Waals surface area contributed by atoms with Gasteiger partial charge < -0.3 is 14.2 Å². The molecule has 4 heterocycles. The lowest BCUT2D eigenvalue weighted by Gasteiger charge is -2.28. The van der Waals surface area contributed by atoms with Crippen LogP contribution in [0.5, 0.6) is 0 Å². The first-order valence-corrected chi connectivity index (χ1v) is 13.8. The molecule has 0 aliphatic carbocycles. The van der Waals surface area contributed by atoms with Gasteiger partial charge in [-0.25, -0.2) is 8.42 Å². The van der Waals surface area contributed by atoms with Gasteiger partial charge in [-0.3, -0.25) is 19.3 Å². The van der Waals surface area contributed by atoms with Gasteiger partial charge in [0, 0.05) is 25.5 Å². The van der Waals surface area contributed by atoms with Gasteiger partial charge in [0.1, 0.15) is 17.5 Å². The van der Waals surface area contributed by atoms with E-state index in [1.165, 1.54) is 0 Å². The lowest BCUT2D eigenvalue weighted by atomic mass is 10.1. The molecule has 4 atom stereocenters. The molecule has 0 bridgehead atoms. The third-order valence-electron chi connectivity index (χ3n) is 6.46. The maximum atomic E-state index is 13.6. The van der Waals surface area contributed by atoms with Crippen molar-refractivity contribution < 1.29 is 22.6 Å². The van der Waals surface area contributed by atoms with E-state index < -0.39 is 21.4 Å². The minimum absolute atomic E-state index is 0.0203. The van der Waals surface area contributed by atoms with Crippen molar-refractivity contribution in [1.82, 2.24) is 24.7 Å². The zero-order chi connectivity index (χ0) is 25.2. The fraction of sp³-hybridized carbons (Fsp3) is 0.739. The van der Waals surface area contributed by atoms with Gasteiger partial charge in [-0.2, -0.15) is 0 Å². The highest BCUT2D eigenvalue weighted by atomic mass is 32.2. The van der Waals surface area contributed by atoms with E-state index in [-0.39, 0.29) is 30.3 Å². The maximum Gasteiger partial charge on any atom is 0.240 e. The number of hydrogen-bond acceptors (Lipinski definition) is 9. The Morgan fingerprint density at radius 3 is 2.43 bits per heavy atom. The molecule has 0 spiro atoms. The van der Waals surface area contributed by atoms with E-state index in [4.69, 9.17) is 14.2 Å². The van der Waals surface area contributed by atoms with Crippen LogP contribution in [0.25, 0.3) is 0 Å². The lowest BCUT2D eigenvalue weighted by Crippen LogP contribution is -2.35. The van der Waals surface area contributed by atoms with Crippen LogP contribution in [0, 0.1) is 6.92 Å². The number of nitrogens with zero attached hydrogens (tertiary/aromatic N) is 5. The van der Waals surface area contributed by atoms with Crippen molar-refractivity contribution in [2.45, 2.75) is 96.0 Å². The maximum absolute atomic E-state index is 13.6. The predicted octanol–water partition coefficient (Wildman–Crippen LogP) is 3.26. The molecule has 2 aromatic rings. The fourth-order valence-corrected chi connectivity index (χ4v) is 5.64. The smallest absolute Gasteiger partial charge is 0.240 e. The Morgan fingerprint density at radius 1 is 1.09 bits per heavy atom. The average molecular weight is 509 g/mol. The molecule has 2 aliphatic heterocycles. The molecule has 2 fully saturated rings. The van der Waals surface area contributed by atoms with E-state index in [0.29, 0.717) is 24.7 Å². The van der Waals surface area contributed by atoms with Crippen molar-refractivity contribution in [3.05, 3.63) is 29.6 Å². The van der Waals surface area contributed by atoms with Crippen molar-refractivity contribution in [3.8, 4) is 0 Å². The standard InChI is InChI=1S/C23H36N6O5S/c1-14(2)33-21(19-13-24-15(3)12-25-19)17(5)35(30,31)28-23-27-26-22(20-7-6-16(4)34-20)29(23)18-8-10-32-11-9-18/h12-14,16-18,20-21H,6-11H2,1-5H3,(H,27,28)/t16-,17+,20-,21-/m1/s1. The molecule has 4 rings (SSSR count). The van der Waals surface area contributed by atoms with Gasteiger partial charge in [0.25, 0.3) is 0 Å². The summed E-state index contributed by atoms with van der Waals surface area (Å²) in [6, 6.07) is 0.0203.